The number of Topliss-reactive ketones (excluding diaryl/α,β-unsaturated/α-hetero) is 2. The summed E-state index contributed by atoms with van der Waals surface area (Å²) in [5.41, 5.74) is 5.78. The predicted molar refractivity (Wildman–Crippen MR) is 469 cm³/mol. The molecule has 3 saturated heterocycles. The fourth-order valence-electron chi connectivity index (χ4n) is 37.5. The second-order valence-corrected chi connectivity index (χ2v) is 48.8. The molecule has 676 valence electrons. The summed E-state index contributed by atoms with van der Waals surface area (Å²) in [5.74, 6) is 12.5. The molecule has 2 N–H and O–H groups in total. The Hall–Kier alpha value is -4.20. The van der Waals surface area contributed by atoms with Crippen LogP contribution in [0.3, 0.4) is 0 Å². The first kappa shape index (κ1) is 88.1. The molecule has 20 fully saturated rings. The van der Waals surface area contributed by atoms with Gasteiger partial charge in [0.15, 0.2) is 23.1 Å². The highest BCUT2D eigenvalue weighted by Gasteiger charge is 2.71. The first-order valence-electron chi connectivity index (χ1n) is 49.9. The molecule has 0 bridgehead atoms. The van der Waals surface area contributed by atoms with Gasteiger partial charge < -0.3 is 33.9 Å². The Morgan fingerprint density at radius 3 is 1.31 bits per heavy atom. The third kappa shape index (κ3) is 14.1. The van der Waals surface area contributed by atoms with Crippen molar-refractivity contribution in [1.29, 1.82) is 0 Å². The molecule has 17 nitrogen and oxygen atoms in total. The van der Waals surface area contributed by atoms with Crippen LogP contribution in [0.15, 0.2) is 34.9 Å². The topological polar surface area (TPSA) is 257 Å². The fourth-order valence-corrected chi connectivity index (χ4v) is 40.1. The second kappa shape index (κ2) is 32.7. The number of hydrogen-bond acceptors (Lipinski definition) is 17. The smallest absolute Gasteiger partial charge is 0.306 e. The summed E-state index contributed by atoms with van der Waals surface area (Å²) >= 11 is 7.42. The molecule has 0 radical (unpaired) electrons. The van der Waals surface area contributed by atoms with E-state index < -0.39 is 0 Å². The highest BCUT2D eigenvalue weighted by atomic mass is 79.9. The van der Waals surface area contributed by atoms with E-state index in [9.17, 15) is 58.2 Å². The van der Waals surface area contributed by atoms with Crippen LogP contribution in [-0.4, -0.2) is 122 Å². The van der Waals surface area contributed by atoms with E-state index in [1.165, 1.54) is 108 Å². The molecule has 19 heteroatoms. The van der Waals surface area contributed by atoms with Crippen LogP contribution in [0.5, 0.6) is 0 Å². The Bertz CT molecular complexity index is 4350. The highest BCUT2D eigenvalue weighted by molar-refractivity contribution is 9.10. The monoisotopic (exact) mass is 1820 g/mol. The van der Waals surface area contributed by atoms with Gasteiger partial charge in [-0.25, -0.2) is 0 Å². The standard InChI is InChI=1S/C24H34O5.C20H26Br2O3.C20H28O3.C20H26O3.C20H30O3/c1-15(25)28-13-12-24-11-9-20-19(21(24)6-7-22(24)29-16(2)26)5-4-17-14-18(27)8-10-23(17,20)3;1-19-8-14(21)18(24)17(22)13(19)3-2-10-11(19)6-7-20-9-16(23)25-15(20)5-4-12(10)20;2*1-19-8-6-13(21)10-12(19)2-3-14-15(19)7-9-20-11-18(22)23-17(20)5-4-16(14)20;1-19-8-6-14(22)12-13(19)2-3-15-16(19)7-9-20(10-11-21)17(15)4-5-18(20)23/h14,19-22H,4-13H2,1-3H3;10-15,17H,2-9H2,1H3;12,14-17H,2-11H2,1H3;10,14-17H,2-9,11H2,1H3;12,15-18,21,23H,2-11H2,1H3/t19?,20?,21?,22-,23-,24+;10?,11?,12?,13?,14?,15-,17?,19+,20+;12?,14?,15?,16?,17-,19-,20+;14?,15?,16?,17-,19-,20+;15?,16?,17?,18-,19-,20+/m00000/s1. The number of allylic oxidation sites excluding steroid dienone is 3. The Labute approximate surface area is 748 Å². The van der Waals surface area contributed by atoms with Gasteiger partial charge in [0, 0.05) is 79.6 Å². The van der Waals surface area contributed by atoms with Gasteiger partial charge in [-0.05, 0) is 383 Å². The first-order valence-corrected chi connectivity index (χ1v) is 51.8. The van der Waals surface area contributed by atoms with Crippen molar-refractivity contribution in [3.8, 4) is 0 Å². The van der Waals surface area contributed by atoms with Gasteiger partial charge in [0.1, 0.15) is 30.2 Å². The normalized spacial score (nSPS) is 50.3. The summed E-state index contributed by atoms with van der Waals surface area (Å²) in [7, 11) is 0. The number of aliphatic hydroxyl groups excluding tert-OH is 2. The number of rotatable bonds is 6. The zero-order chi connectivity index (χ0) is 86.3. The highest BCUT2D eigenvalue weighted by Crippen LogP contribution is 2.75. The van der Waals surface area contributed by atoms with E-state index in [2.05, 4.69) is 66.5 Å². The largest absolute Gasteiger partial charge is 0.466 e. The van der Waals surface area contributed by atoms with Crippen LogP contribution in [-0.2, 0) is 71.6 Å². The number of carbonyl (C=O) groups is 10. The molecule has 20 aliphatic carbocycles. The Kier molecular flexibility index (Phi) is 23.4. The molecule has 123 heavy (non-hydrogen) atoms. The van der Waals surface area contributed by atoms with Gasteiger partial charge in [-0.1, -0.05) is 83.2 Å². The Morgan fingerprint density at radius 1 is 0.415 bits per heavy atom. The van der Waals surface area contributed by atoms with E-state index in [4.69, 9.17) is 23.7 Å². The van der Waals surface area contributed by atoms with E-state index >= 15 is 0 Å². The van der Waals surface area contributed by atoms with Crippen LogP contribution in [0.25, 0.3) is 0 Å². The van der Waals surface area contributed by atoms with Crippen LogP contribution >= 0.6 is 31.9 Å². The van der Waals surface area contributed by atoms with Gasteiger partial charge >= 0.3 is 29.8 Å². The summed E-state index contributed by atoms with van der Waals surface area (Å²) < 4.78 is 28.2. The molecule has 0 aromatic heterocycles. The Morgan fingerprint density at radius 2 is 0.829 bits per heavy atom. The number of halogens is 2. The molecule has 19 unspecified atom stereocenters. The van der Waals surface area contributed by atoms with Crippen molar-refractivity contribution in [2.45, 2.75) is 378 Å². The molecule has 0 aromatic rings. The van der Waals surface area contributed by atoms with Crippen molar-refractivity contribution in [3.05, 3.63) is 34.9 Å². The first-order chi connectivity index (χ1) is 58.7. The van der Waals surface area contributed by atoms with Crippen molar-refractivity contribution >= 4 is 90.6 Å². The van der Waals surface area contributed by atoms with Gasteiger partial charge in [0.25, 0.3) is 0 Å². The van der Waals surface area contributed by atoms with Crippen molar-refractivity contribution in [2.24, 2.45) is 155 Å². The average Bonchev–Trinajstić information content (AvgIpc) is 1.62. The summed E-state index contributed by atoms with van der Waals surface area (Å²) in [6, 6.07) is 0. The number of ether oxygens (including phenoxy) is 5. The van der Waals surface area contributed by atoms with E-state index in [1.807, 2.05) is 18.2 Å². The third-order valence-electron chi connectivity index (χ3n) is 43.1. The molecule has 34 atom stereocenters. The molecule has 17 saturated carbocycles. The molecular weight excluding hydrogens is 1680 g/mol. The lowest BCUT2D eigenvalue weighted by Crippen LogP contribution is -2.58. The number of esters is 5. The van der Waals surface area contributed by atoms with Gasteiger partial charge in [-0.2, -0.15) is 0 Å². The molecule has 3 heterocycles. The van der Waals surface area contributed by atoms with Gasteiger partial charge in [-0.15, -0.1) is 0 Å². The van der Waals surface area contributed by atoms with Crippen molar-refractivity contribution in [1.82, 2.24) is 0 Å². The van der Waals surface area contributed by atoms with Crippen molar-refractivity contribution < 1.29 is 81.8 Å². The van der Waals surface area contributed by atoms with E-state index in [0.29, 0.717) is 156 Å². The SMILES string of the molecule is CC(=O)OCC[C@]12CCC3C(CCC4=CC(=O)CC[C@@]43C)C1CC[C@@H]2OC(C)=O.C[C@]12CC(Br)C(=O)C(Br)C1CCC1C2CC[C@]23CC(=O)O[C@H]2CCC13.C[C@]12CCC(=O)C=C1CCC1C3CC[C@@H]4OC(=O)C[C@]34CCC12.C[C@]12CCC(=O)C=C1CCC1C3CC[C@H](O)[C@@]3(CCO)CCC12.C[C@]12CCC(=O)CC1CCC1C2CC[C@]23CC(=O)O[C@H]2CCC13. The number of ketones is 5. The molecule has 0 aromatic carbocycles. The van der Waals surface area contributed by atoms with Crippen molar-refractivity contribution in [3.63, 3.8) is 0 Å². The Balaban J connectivity index is 0.000000101. The summed E-state index contributed by atoms with van der Waals surface area (Å²) in [4.78, 5) is 119. The maximum atomic E-state index is 12.5. The average molecular weight is 1830 g/mol. The summed E-state index contributed by atoms with van der Waals surface area (Å²) in [5, 5.41) is 20.2. The maximum Gasteiger partial charge on any atom is 0.306 e. The number of carbonyl (C=O) groups excluding carboxylic acids is 10. The minimum Gasteiger partial charge on any atom is -0.466 e. The van der Waals surface area contributed by atoms with Crippen LogP contribution in [0.4, 0.5) is 0 Å². The molecular formula is C104H144Br2O17. The second-order valence-electron chi connectivity index (χ2n) is 46.7. The number of aliphatic hydroxyl groups is 2. The lowest BCUT2D eigenvalue weighted by atomic mass is 9.45. The molecule has 3 spiro atoms. The predicted octanol–water partition coefficient (Wildman–Crippen LogP) is 20.0. The fraction of sp³-hybridized carbons (Fsp3) is 0.846. The number of hydrogen-bond donors (Lipinski definition) is 2. The molecule has 23 aliphatic rings. The van der Waals surface area contributed by atoms with Gasteiger partial charge in [0.05, 0.1) is 41.6 Å². The lowest BCUT2D eigenvalue weighted by Gasteiger charge is -2.61. The van der Waals surface area contributed by atoms with Gasteiger partial charge in [-0.3, -0.25) is 47.9 Å². The zero-order valence-electron chi connectivity index (χ0n) is 75.1. The van der Waals surface area contributed by atoms with Crippen molar-refractivity contribution in [2.75, 3.05) is 13.2 Å². The zero-order valence-corrected chi connectivity index (χ0v) is 78.3. The van der Waals surface area contributed by atoms with Crippen LogP contribution in [0.1, 0.15) is 337 Å². The van der Waals surface area contributed by atoms with E-state index in [0.717, 1.165) is 198 Å². The quantitative estimate of drug-likeness (QED) is 0.142. The van der Waals surface area contributed by atoms with E-state index in [1.54, 1.807) is 0 Å². The number of fused-ring (bicyclic) bond motifs is 22. The summed E-state index contributed by atoms with van der Waals surface area (Å²) in [6.45, 7) is 15.7. The minimum atomic E-state index is -0.250. The van der Waals surface area contributed by atoms with Gasteiger partial charge in [0.2, 0.25) is 0 Å². The summed E-state index contributed by atoms with van der Waals surface area (Å²) in [6.07, 6.45) is 52.6. The molecule has 23 rings (SSSR count). The van der Waals surface area contributed by atoms with Crippen LogP contribution in [0, 0.1) is 155 Å². The lowest BCUT2D eigenvalue weighted by molar-refractivity contribution is -0.163. The maximum absolute atomic E-state index is 12.5. The van der Waals surface area contributed by atoms with Crippen LogP contribution in [0.2, 0.25) is 0 Å². The number of alkyl halides is 2. The molecule has 3 aliphatic heterocycles. The van der Waals surface area contributed by atoms with Crippen LogP contribution < -0.4 is 0 Å². The molecule has 0 amide bonds. The minimum absolute atomic E-state index is 0.000167. The van der Waals surface area contributed by atoms with E-state index in [-0.39, 0.29) is 125 Å². The third-order valence-corrected chi connectivity index (χ3v) is 44.9.